The summed E-state index contributed by atoms with van der Waals surface area (Å²) in [6.45, 7) is 0. The molecule has 1 saturated carbocycles. The van der Waals surface area contributed by atoms with E-state index in [1.807, 2.05) is 0 Å². The SMILES string of the molecule is COc1cnc(C(F)F)cc1-c1cc(N2C(=O)CCC2O)ccc1C(=O)Nc1nnc(C#CC2CC2)s1. The van der Waals surface area contributed by atoms with Crippen LogP contribution in [0.1, 0.15) is 53.2 Å². The largest absolute Gasteiger partial charge is 0.494 e. The van der Waals surface area contributed by atoms with Crippen molar-refractivity contribution in [2.24, 2.45) is 5.92 Å². The molecule has 1 saturated heterocycles. The van der Waals surface area contributed by atoms with Gasteiger partial charge in [0.15, 0.2) is 5.01 Å². The van der Waals surface area contributed by atoms with Gasteiger partial charge in [-0.15, -0.1) is 10.2 Å². The van der Waals surface area contributed by atoms with Crippen molar-refractivity contribution in [2.75, 3.05) is 17.3 Å². The molecule has 1 aliphatic carbocycles. The Balaban J connectivity index is 1.55. The molecule has 0 bridgehead atoms. The topological polar surface area (TPSA) is 118 Å². The van der Waals surface area contributed by atoms with E-state index in [1.54, 1.807) is 0 Å². The number of aliphatic hydroxyl groups excluding tert-OH is 1. The van der Waals surface area contributed by atoms with E-state index in [4.69, 9.17) is 4.74 Å². The number of anilines is 2. The molecule has 1 atom stereocenters. The lowest BCUT2D eigenvalue weighted by Gasteiger charge is -2.22. The maximum Gasteiger partial charge on any atom is 0.280 e. The van der Waals surface area contributed by atoms with Gasteiger partial charge < -0.3 is 9.84 Å². The third-order valence-electron chi connectivity index (χ3n) is 5.94. The Morgan fingerprint density at radius 2 is 2.05 bits per heavy atom. The molecule has 5 rings (SSSR count). The Morgan fingerprint density at radius 3 is 2.73 bits per heavy atom. The van der Waals surface area contributed by atoms with Crippen molar-refractivity contribution in [1.29, 1.82) is 0 Å². The second kappa shape index (κ2) is 10.2. The molecule has 1 aromatic carbocycles. The first-order valence-electron chi connectivity index (χ1n) is 11.5. The lowest BCUT2D eigenvalue weighted by molar-refractivity contribution is -0.117. The van der Waals surface area contributed by atoms with Crippen LogP contribution in [0.4, 0.5) is 19.6 Å². The zero-order valence-electron chi connectivity index (χ0n) is 19.6. The number of amides is 2. The summed E-state index contributed by atoms with van der Waals surface area (Å²) in [6.07, 6.45) is -0.184. The molecule has 1 unspecified atom stereocenters. The fourth-order valence-corrected chi connectivity index (χ4v) is 4.52. The minimum atomic E-state index is -2.86. The average Bonchev–Trinajstić information content (AvgIpc) is 3.52. The number of rotatable bonds is 6. The number of halogens is 2. The highest BCUT2D eigenvalue weighted by Crippen LogP contribution is 2.38. The van der Waals surface area contributed by atoms with Gasteiger partial charge in [0.05, 0.1) is 13.3 Å². The number of hydrogen-bond donors (Lipinski definition) is 2. The highest BCUT2D eigenvalue weighted by Gasteiger charge is 2.32. The number of carbonyl (C=O) groups is 2. The van der Waals surface area contributed by atoms with Crippen molar-refractivity contribution in [3.05, 3.63) is 46.7 Å². The minimum absolute atomic E-state index is 0.107. The predicted octanol–water partition coefficient (Wildman–Crippen LogP) is 4.01. The van der Waals surface area contributed by atoms with E-state index < -0.39 is 24.3 Å². The average molecular weight is 526 g/mol. The van der Waals surface area contributed by atoms with Crippen LogP contribution < -0.4 is 15.0 Å². The van der Waals surface area contributed by atoms with Gasteiger partial charge in [0.2, 0.25) is 11.0 Å². The lowest BCUT2D eigenvalue weighted by atomic mass is 9.97. The molecule has 3 heterocycles. The molecule has 37 heavy (non-hydrogen) atoms. The first kappa shape index (κ1) is 24.7. The van der Waals surface area contributed by atoms with Gasteiger partial charge in [-0.25, -0.2) is 8.78 Å². The third-order valence-corrected chi connectivity index (χ3v) is 6.69. The molecular formula is C25H21F2N5O4S. The first-order valence-corrected chi connectivity index (χ1v) is 12.3. The van der Waals surface area contributed by atoms with Crippen molar-refractivity contribution in [3.63, 3.8) is 0 Å². The van der Waals surface area contributed by atoms with E-state index in [9.17, 15) is 23.5 Å². The predicted molar refractivity (Wildman–Crippen MR) is 131 cm³/mol. The van der Waals surface area contributed by atoms with E-state index in [-0.39, 0.29) is 46.3 Å². The number of carbonyl (C=O) groups excluding carboxylic acids is 2. The molecule has 190 valence electrons. The Hall–Kier alpha value is -3.95. The molecule has 1 aliphatic heterocycles. The number of alkyl halides is 2. The number of nitrogens with one attached hydrogen (secondary N) is 1. The number of hydrogen-bond acceptors (Lipinski definition) is 8. The zero-order valence-corrected chi connectivity index (χ0v) is 20.4. The second-order valence-corrected chi connectivity index (χ2v) is 9.51. The third kappa shape index (κ3) is 5.28. The summed E-state index contributed by atoms with van der Waals surface area (Å²) in [5, 5.41) is 21.6. The van der Waals surface area contributed by atoms with Crippen molar-refractivity contribution in [1.82, 2.24) is 15.2 Å². The Morgan fingerprint density at radius 1 is 1.24 bits per heavy atom. The van der Waals surface area contributed by atoms with Crippen LogP contribution in [0.2, 0.25) is 0 Å². The minimum Gasteiger partial charge on any atom is -0.494 e. The number of aromatic nitrogens is 3. The van der Waals surface area contributed by atoms with Crippen LogP contribution in [0.15, 0.2) is 30.5 Å². The molecule has 2 fully saturated rings. The van der Waals surface area contributed by atoms with Crippen molar-refractivity contribution in [3.8, 4) is 28.7 Å². The van der Waals surface area contributed by atoms with Crippen LogP contribution in [0.5, 0.6) is 5.75 Å². The molecule has 2 amide bonds. The summed E-state index contributed by atoms with van der Waals surface area (Å²) in [4.78, 5) is 30.7. The zero-order chi connectivity index (χ0) is 26.1. The fraction of sp³-hybridized carbons (Fsp3) is 0.320. The summed E-state index contributed by atoms with van der Waals surface area (Å²) in [7, 11) is 1.35. The van der Waals surface area contributed by atoms with Gasteiger partial charge in [0.25, 0.3) is 12.3 Å². The van der Waals surface area contributed by atoms with Gasteiger partial charge in [0.1, 0.15) is 17.7 Å². The van der Waals surface area contributed by atoms with E-state index in [1.165, 1.54) is 30.2 Å². The van der Waals surface area contributed by atoms with Gasteiger partial charge in [-0.2, -0.15) is 0 Å². The Bertz CT molecular complexity index is 1430. The highest BCUT2D eigenvalue weighted by atomic mass is 32.1. The summed E-state index contributed by atoms with van der Waals surface area (Å²) >= 11 is 1.12. The molecule has 3 aromatic rings. The maximum absolute atomic E-state index is 13.5. The van der Waals surface area contributed by atoms with Gasteiger partial charge in [-0.3, -0.25) is 24.8 Å². The second-order valence-electron chi connectivity index (χ2n) is 8.53. The number of pyridine rings is 1. The van der Waals surface area contributed by atoms with E-state index in [2.05, 4.69) is 32.3 Å². The summed E-state index contributed by atoms with van der Waals surface area (Å²) in [6, 6.07) is 5.59. The van der Waals surface area contributed by atoms with E-state index in [0.29, 0.717) is 16.6 Å². The van der Waals surface area contributed by atoms with Crippen molar-refractivity contribution >= 4 is 34.0 Å². The highest BCUT2D eigenvalue weighted by molar-refractivity contribution is 7.15. The van der Waals surface area contributed by atoms with Crippen LogP contribution >= 0.6 is 11.3 Å². The number of nitrogens with zero attached hydrogens (tertiary/aromatic N) is 4. The van der Waals surface area contributed by atoms with Gasteiger partial charge >= 0.3 is 0 Å². The van der Waals surface area contributed by atoms with Crippen molar-refractivity contribution < 1.29 is 28.2 Å². The van der Waals surface area contributed by atoms with Crippen LogP contribution in [-0.4, -0.2) is 45.4 Å². The number of aliphatic hydroxyl groups is 1. The van der Waals surface area contributed by atoms with Gasteiger partial charge in [0, 0.05) is 41.1 Å². The van der Waals surface area contributed by atoms with Crippen LogP contribution in [-0.2, 0) is 4.79 Å². The lowest BCUT2D eigenvalue weighted by Crippen LogP contribution is -2.32. The molecule has 2 N–H and O–H groups in total. The Kier molecular flexibility index (Phi) is 6.82. The normalized spacial score (nSPS) is 17.1. The molecule has 0 spiro atoms. The van der Waals surface area contributed by atoms with E-state index >= 15 is 0 Å². The summed E-state index contributed by atoms with van der Waals surface area (Å²) in [5.74, 6) is 5.69. The summed E-state index contributed by atoms with van der Waals surface area (Å²) in [5.41, 5.74) is 0.298. The number of benzene rings is 1. The van der Waals surface area contributed by atoms with Gasteiger partial charge in [-0.05, 0) is 43.0 Å². The summed E-state index contributed by atoms with van der Waals surface area (Å²) < 4.78 is 32.3. The maximum atomic E-state index is 13.5. The monoisotopic (exact) mass is 525 g/mol. The quantitative estimate of drug-likeness (QED) is 0.467. The van der Waals surface area contributed by atoms with Crippen LogP contribution in [0.3, 0.4) is 0 Å². The first-order chi connectivity index (χ1) is 17.8. The molecule has 2 aliphatic rings. The van der Waals surface area contributed by atoms with Crippen molar-refractivity contribution in [2.45, 2.75) is 38.3 Å². The Labute approximate surface area is 214 Å². The standard InChI is InChI=1S/C25H21F2N5O4S/c1-36-19-12-28-18(23(26)27)11-17(19)16-10-14(32-21(33)8-9-22(32)34)5-6-15(16)24(35)29-25-31-30-20(37-25)7-4-13-2-3-13/h5-6,10-13,21,23,33H,2-3,8-9H2,1H3,(H,29,31,35). The molecular weight excluding hydrogens is 504 g/mol. The number of methoxy groups -OCH3 is 1. The van der Waals surface area contributed by atoms with Gasteiger partial charge in [-0.1, -0.05) is 17.3 Å². The molecule has 12 heteroatoms. The smallest absolute Gasteiger partial charge is 0.280 e. The molecule has 9 nitrogen and oxygen atoms in total. The number of ether oxygens (including phenoxy) is 1. The van der Waals surface area contributed by atoms with E-state index in [0.717, 1.165) is 36.4 Å². The molecule has 2 aromatic heterocycles. The molecule has 0 radical (unpaired) electrons. The van der Waals surface area contributed by atoms with Crippen LogP contribution in [0, 0.1) is 17.8 Å². The fourth-order valence-electron chi connectivity index (χ4n) is 3.92. The van der Waals surface area contributed by atoms with Crippen LogP contribution in [0.25, 0.3) is 11.1 Å².